The molecule has 112 valence electrons. The average molecular weight is 268 g/mol. The molecule has 0 heterocycles. The van der Waals surface area contributed by atoms with E-state index in [1.807, 2.05) is 0 Å². The van der Waals surface area contributed by atoms with Crippen LogP contribution in [-0.2, 0) is 0 Å². The molecule has 0 amide bonds. The first-order valence-corrected chi connectivity index (χ1v) is 7.87. The van der Waals surface area contributed by atoms with Gasteiger partial charge in [-0.25, -0.2) is 0 Å². The molecular formula is C15H32N4. The minimum absolute atomic E-state index is 0.0233. The van der Waals surface area contributed by atoms with E-state index in [0.717, 1.165) is 6.42 Å². The van der Waals surface area contributed by atoms with Gasteiger partial charge in [0.05, 0.1) is 0 Å². The highest BCUT2D eigenvalue weighted by atomic mass is 15.3. The quantitative estimate of drug-likeness (QED) is 0.230. The fourth-order valence-corrected chi connectivity index (χ4v) is 2.07. The molecule has 0 radical (unpaired) electrons. The van der Waals surface area contributed by atoms with Crippen LogP contribution in [0, 0.1) is 0 Å². The standard InChI is InChI=1S/C15H32N4/c1-2-3-4-5-6-7-8-9-10-11-12-13-14-18-19-15(16)17/h14H,2-13H2,1H3,(H4,16,17,19). The third kappa shape index (κ3) is 16.9. The Morgan fingerprint density at radius 2 is 1.26 bits per heavy atom. The van der Waals surface area contributed by atoms with Crippen molar-refractivity contribution < 1.29 is 0 Å². The lowest BCUT2D eigenvalue weighted by Crippen LogP contribution is -2.21. The van der Waals surface area contributed by atoms with Crippen LogP contribution in [0.5, 0.6) is 0 Å². The third-order valence-corrected chi connectivity index (χ3v) is 3.19. The van der Waals surface area contributed by atoms with E-state index < -0.39 is 0 Å². The van der Waals surface area contributed by atoms with Gasteiger partial charge < -0.3 is 11.5 Å². The van der Waals surface area contributed by atoms with E-state index in [9.17, 15) is 0 Å². The summed E-state index contributed by atoms with van der Waals surface area (Å²) in [5.74, 6) is 0.0233. The normalized spacial score (nSPS) is 11.0. The van der Waals surface area contributed by atoms with Crippen LogP contribution < -0.4 is 11.5 Å². The molecule has 0 fully saturated rings. The third-order valence-electron chi connectivity index (χ3n) is 3.19. The molecule has 4 heteroatoms. The summed E-state index contributed by atoms with van der Waals surface area (Å²) in [5, 5.41) is 7.32. The van der Waals surface area contributed by atoms with Crippen molar-refractivity contribution in [1.29, 1.82) is 0 Å². The van der Waals surface area contributed by atoms with Gasteiger partial charge in [-0.1, -0.05) is 71.1 Å². The zero-order chi connectivity index (χ0) is 14.2. The highest BCUT2D eigenvalue weighted by Crippen LogP contribution is 2.11. The van der Waals surface area contributed by atoms with Gasteiger partial charge in [0, 0.05) is 6.21 Å². The van der Waals surface area contributed by atoms with Gasteiger partial charge in [0.2, 0.25) is 5.96 Å². The van der Waals surface area contributed by atoms with Gasteiger partial charge in [0.15, 0.2) is 0 Å². The molecule has 4 nitrogen and oxygen atoms in total. The largest absolute Gasteiger partial charge is 0.369 e. The van der Waals surface area contributed by atoms with Crippen molar-refractivity contribution >= 4 is 12.2 Å². The summed E-state index contributed by atoms with van der Waals surface area (Å²) in [6.07, 6.45) is 17.7. The Balaban J connectivity index is 3.07. The lowest BCUT2D eigenvalue weighted by Gasteiger charge is -2.01. The molecule has 0 spiro atoms. The van der Waals surface area contributed by atoms with Crippen molar-refractivity contribution in [3.63, 3.8) is 0 Å². The van der Waals surface area contributed by atoms with Crippen LogP contribution in [0.4, 0.5) is 0 Å². The Hall–Kier alpha value is -1.06. The molecule has 0 saturated carbocycles. The minimum Gasteiger partial charge on any atom is -0.369 e. The zero-order valence-corrected chi connectivity index (χ0v) is 12.6. The molecule has 0 rings (SSSR count). The predicted octanol–water partition coefficient (Wildman–Crippen LogP) is 3.95. The molecule has 0 atom stereocenters. The van der Waals surface area contributed by atoms with Crippen molar-refractivity contribution in [2.24, 2.45) is 21.7 Å². The second kappa shape index (κ2) is 15.0. The van der Waals surface area contributed by atoms with E-state index in [1.54, 1.807) is 6.21 Å². The molecule has 0 bridgehead atoms. The Labute approximate surface area is 118 Å². The van der Waals surface area contributed by atoms with E-state index >= 15 is 0 Å². The van der Waals surface area contributed by atoms with Crippen molar-refractivity contribution in [2.45, 2.75) is 84.0 Å². The Kier molecular flexibility index (Phi) is 14.2. The van der Waals surface area contributed by atoms with Gasteiger partial charge >= 0.3 is 0 Å². The van der Waals surface area contributed by atoms with E-state index in [0.29, 0.717) is 0 Å². The molecule has 4 N–H and O–H groups in total. The van der Waals surface area contributed by atoms with Crippen molar-refractivity contribution in [3.8, 4) is 0 Å². The molecule has 0 unspecified atom stereocenters. The average Bonchev–Trinajstić information content (AvgIpc) is 2.39. The number of unbranched alkanes of at least 4 members (excludes halogenated alkanes) is 11. The number of guanidine groups is 1. The number of hydrogen-bond acceptors (Lipinski definition) is 2. The summed E-state index contributed by atoms with van der Waals surface area (Å²) in [7, 11) is 0. The second-order valence-electron chi connectivity index (χ2n) is 5.15. The van der Waals surface area contributed by atoms with Gasteiger partial charge in [-0.3, -0.25) is 0 Å². The number of hydrogen-bond donors (Lipinski definition) is 2. The van der Waals surface area contributed by atoms with Crippen LogP contribution in [-0.4, -0.2) is 12.2 Å². The molecule has 0 aromatic carbocycles. The van der Waals surface area contributed by atoms with E-state index in [1.165, 1.54) is 70.6 Å². The van der Waals surface area contributed by atoms with Crippen LogP contribution in [0.3, 0.4) is 0 Å². The molecule has 19 heavy (non-hydrogen) atoms. The summed E-state index contributed by atoms with van der Waals surface area (Å²) < 4.78 is 0. The van der Waals surface area contributed by atoms with E-state index in [4.69, 9.17) is 11.5 Å². The monoisotopic (exact) mass is 268 g/mol. The summed E-state index contributed by atoms with van der Waals surface area (Å²) in [6.45, 7) is 2.27. The first-order chi connectivity index (χ1) is 9.27. The van der Waals surface area contributed by atoms with Crippen LogP contribution in [0.25, 0.3) is 0 Å². The van der Waals surface area contributed by atoms with Crippen LogP contribution in [0.15, 0.2) is 10.2 Å². The summed E-state index contributed by atoms with van der Waals surface area (Å²) in [5.41, 5.74) is 10.3. The van der Waals surface area contributed by atoms with Gasteiger partial charge in [-0.2, -0.15) is 5.10 Å². The first-order valence-electron chi connectivity index (χ1n) is 7.87. The maximum absolute atomic E-state index is 5.15. The second-order valence-corrected chi connectivity index (χ2v) is 5.15. The predicted molar refractivity (Wildman–Crippen MR) is 85.4 cm³/mol. The van der Waals surface area contributed by atoms with E-state index in [2.05, 4.69) is 17.1 Å². The Bertz CT molecular complexity index is 232. The fraction of sp³-hybridized carbons (Fsp3) is 0.867. The fourth-order valence-electron chi connectivity index (χ4n) is 2.07. The van der Waals surface area contributed by atoms with Gasteiger partial charge in [0.25, 0.3) is 0 Å². The molecule has 0 aliphatic heterocycles. The molecule has 0 aliphatic rings. The van der Waals surface area contributed by atoms with Crippen molar-refractivity contribution in [1.82, 2.24) is 0 Å². The maximum atomic E-state index is 5.15. The molecule has 0 aliphatic carbocycles. The van der Waals surface area contributed by atoms with E-state index in [-0.39, 0.29) is 5.96 Å². The SMILES string of the molecule is CCCCCCCCCCCCCC=NN=C(N)N. The van der Waals surface area contributed by atoms with Crippen LogP contribution in [0.2, 0.25) is 0 Å². The highest BCUT2D eigenvalue weighted by Gasteiger charge is 1.92. The smallest absolute Gasteiger partial charge is 0.211 e. The lowest BCUT2D eigenvalue weighted by atomic mass is 10.1. The van der Waals surface area contributed by atoms with Crippen LogP contribution >= 0.6 is 0 Å². The maximum Gasteiger partial charge on any atom is 0.211 e. The summed E-state index contributed by atoms with van der Waals surface area (Å²) in [4.78, 5) is 0. The van der Waals surface area contributed by atoms with Crippen molar-refractivity contribution in [2.75, 3.05) is 0 Å². The molecular weight excluding hydrogens is 236 g/mol. The first kappa shape index (κ1) is 17.9. The summed E-state index contributed by atoms with van der Waals surface area (Å²) >= 11 is 0. The molecule has 0 saturated heterocycles. The highest BCUT2D eigenvalue weighted by molar-refractivity contribution is 5.76. The molecule has 0 aromatic heterocycles. The molecule has 0 aromatic rings. The number of nitrogens with two attached hydrogens (primary N) is 2. The topological polar surface area (TPSA) is 76.8 Å². The number of nitrogens with zero attached hydrogens (tertiary/aromatic N) is 2. The summed E-state index contributed by atoms with van der Waals surface area (Å²) in [6, 6.07) is 0. The zero-order valence-electron chi connectivity index (χ0n) is 12.6. The number of rotatable bonds is 13. The minimum atomic E-state index is 0.0233. The van der Waals surface area contributed by atoms with Gasteiger partial charge in [-0.05, 0) is 12.8 Å². The van der Waals surface area contributed by atoms with Crippen LogP contribution in [0.1, 0.15) is 84.0 Å². The van der Waals surface area contributed by atoms with Gasteiger partial charge in [-0.15, -0.1) is 5.10 Å². The Morgan fingerprint density at radius 3 is 1.74 bits per heavy atom. The van der Waals surface area contributed by atoms with Crippen molar-refractivity contribution in [3.05, 3.63) is 0 Å². The Morgan fingerprint density at radius 1 is 0.789 bits per heavy atom. The lowest BCUT2D eigenvalue weighted by molar-refractivity contribution is 0.552. The van der Waals surface area contributed by atoms with Gasteiger partial charge in [0.1, 0.15) is 0 Å².